The summed E-state index contributed by atoms with van der Waals surface area (Å²) in [4.78, 5) is 37.7. The minimum absolute atomic E-state index is 0.0352. The van der Waals surface area contributed by atoms with Gasteiger partial charge >= 0.3 is 0 Å². The van der Waals surface area contributed by atoms with E-state index in [1.807, 2.05) is 42.5 Å². The molecule has 142 valence electrons. The second-order valence-electron chi connectivity index (χ2n) is 6.77. The van der Waals surface area contributed by atoms with Crippen molar-refractivity contribution in [3.05, 3.63) is 71.2 Å². The van der Waals surface area contributed by atoms with Gasteiger partial charge < -0.3 is 4.98 Å². The van der Waals surface area contributed by atoms with Crippen LogP contribution in [0.5, 0.6) is 0 Å². The highest BCUT2D eigenvalue weighted by molar-refractivity contribution is 7.20. The highest BCUT2D eigenvalue weighted by Gasteiger charge is 2.18. The maximum atomic E-state index is 12.7. The van der Waals surface area contributed by atoms with Crippen LogP contribution in [0, 0.1) is 0 Å². The Morgan fingerprint density at radius 3 is 2.86 bits per heavy atom. The van der Waals surface area contributed by atoms with Crippen molar-refractivity contribution in [2.45, 2.75) is 12.8 Å². The lowest BCUT2D eigenvalue weighted by molar-refractivity contribution is 0.0999. The van der Waals surface area contributed by atoms with Crippen LogP contribution >= 0.6 is 11.3 Å². The summed E-state index contributed by atoms with van der Waals surface area (Å²) in [5.41, 5.74) is 2.63. The SMILES string of the molecule is O=C(Nc1nc2c(C(=O)CC3=NC=CC3)cccc2[nH]1)c1cc2ccccc2s1. The number of carbonyl (C=O) groups excluding carboxylic acids is 2. The average Bonchev–Trinajstić information content (AvgIpc) is 3.46. The smallest absolute Gasteiger partial charge is 0.268 e. The number of aromatic amines is 1. The molecule has 0 saturated heterocycles. The standard InChI is InChI=1S/C22H16N4O2S/c27-17(12-14-6-4-10-23-14)15-7-3-8-16-20(15)25-22(24-16)26-21(28)19-11-13-5-1-2-9-18(13)29-19/h1-5,7-11H,6,12H2,(H2,24,25,26,28). The molecule has 0 aliphatic carbocycles. The first-order chi connectivity index (χ1) is 14.2. The van der Waals surface area contributed by atoms with Crippen LogP contribution in [0.15, 0.2) is 65.8 Å². The number of nitrogens with zero attached hydrogens (tertiary/aromatic N) is 2. The largest absolute Gasteiger partial charge is 0.324 e. The highest BCUT2D eigenvalue weighted by atomic mass is 32.1. The van der Waals surface area contributed by atoms with E-state index in [1.54, 1.807) is 18.3 Å². The lowest BCUT2D eigenvalue weighted by atomic mass is 10.0. The Bertz CT molecular complexity index is 1300. The summed E-state index contributed by atoms with van der Waals surface area (Å²) in [6, 6.07) is 15.1. The van der Waals surface area contributed by atoms with Crippen LogP contribution in [-0.4, -0.2) is 27.4 Å². The number of imidazole rings is 1. The van der Waals surface area contributed by atoms with E-state index in [2.05, 4.69) is 20.3 Å². The first-order valence-corrected chi connectivity index (χ1v) is 10.0. The number of hydrogen-bond acceptors (Lipinski definition) is 5. The van der Waals surface area contributed by atoms with Crippen molar-refractivity contribution in [2.75, 3.05) is 5.32 Å². The molecule has 0 bridgehead atoms. The molecule has 5 rings (SSSR count). The van der Waals surface area contributed by atoms with Crippen LogP contribution in [0.25, 0.3) is 21.1 Å². The molecule has 4 aromatic rings. The van der Waals surface area contributed by atoms with Crippen LogP contribution in [0.4, 0.5) is 5.95 Å². The van der Waals surface area contributed by atoms with Gasteiger partial charge in [-0.25, -0.2) is 4.98 Å². The highest BCUT2D eigenvalue weighted by Crippen LogP contribution is 2.26. The second kappa shape index (κ2) is 7.10. The van der Waals surface area contributed by atoms with Crippen molar-refractivity contribution in [2.24, 2.45) is 4.99 Å². The summed E-state index contributed by atoms with van der Waals surface area (Å²) in [7, 11) is 0. The molecule has 2 N–H and O–H groups in total. The van der Waals surface area contributed by atoms with Gasteiger partial charge in [0.2, 0.25) is 5.95 Å². The number of fused-ring (bicyclic) bond motifs is 2. The molecule has 2 aromatic carbocycles. The lowest BCUT2D eigenvalue weighted by Crippen LogP contribution is -2.11. The zero-order chi connectivity index (χ0) is 19.8. The topological polar surface area (TPSA) is 87.2 Å². The van der Waals surface area contributed by atoms with Crippen molar-refractivity contribution < 1.29 is 9.59 Å². The van der Waals surface area contributed by atoms with Crippen LogP contribution < -0.4 is 5.32 Å². The number of amides is 1. The molecule has 1 amide bonds. The number of aliphatic imine (C=N–C) groups is 1. The average molecular weight is 400 g/mol. The van der Waals surface area contributed by atoms with Crippen molar-refractivity contribution >= 4 is 55.8 Å². The fourth-order valence-electron chi connectivity index (χ4n) is 3.38. The van der Waals surface area contributed by atoms with Gasteiger partial charge in [-0.3, -0.25) is 19.9 Å². The molecule has 6 nitrogen and oxygen atoms in total. The third kappa shape index (κ3) is 3.36. The number of anilines is 1. The molecule has 0 fully saturated rings. The van der Waals surface area contributed by atoms with Crippen molar-refractivity contribution in [3.8, 4) is 0 Å². The van der Waals surface area contributed by atoms with Gasteiger partial charge in [0.05, 0.1) is 10.4 Å². The van der Waals surface area contributed by atoms with E-state index in [1.165, 1.54) is 11.3 Å². The molecule has 1 aliphatic rings. The van der Waals surface area contributed by atoms with Crippen molar-refractivity contribution in [3.63, 3.8) is 0 Å². The molecule has 2 aromatic heterocycles. The third-order valence-corrected chi connectivity index (χ3v) is 5.89. The number of aromatic nitrogens is 2. The molecule has 1 aliphatic heterocycles. The quantitative estimate of drug-likeness (QED) is 0.464. The van der Waals surface area contributed by atoms with Gasteiger partial charge in [0.25, 0.3) is 5.91 Å². The predicted molar refractivity (Wildman–Crippen MR) is 116 cm³/mol. The molecule has 0 saturated carbocycles. The van der Waals surface area contributed by atoms with Gasteiger partial charge in [0.15, 0.2) is 5.78 Å². The van der Waals surface area contributed by atoms with E-state index in [9.17, 15) is 9.59 Å². The molecule has 7 heteroatoms. The number of para-hydroxylation sites is 1. The molecule has 0 spiro atoms. The van der Waals surface area contributed by atoms with Crippen LogP contribution in [0.2, 0.25) is 0 Å². The van der Waals surface area contributed by atoms with Crippen LogP contribution in [0.1, 0.15) is 32.9 Å². The van der Waals surface area contributed by atoms with Gasteiger partial charge in [0.1, 0.15) is 5.52 Å². The van der Waals surface area contributed by atoms with E-state index < -0.39 is 0 Å². The molecule has 0 atom stereocenters. The summed E-state index contributed by atoms with van der Waals surface area (Å²) < 4.78 is 1.06. The van der Waals surface area contributed by atoms with Gasteiger partial charge in [-0.1, -0.05) is 30.3 Å². The monoisotopic (exact) mass is 400 g/mol. The normalized spacial score (nSPS) is 13.2. The zero-order valence-corrected chi connectivity index (χ0v) is 16.1. The first-order valence-electron chi connectivity index (χ1n) is 9.20. The maximum Gasteiger partial charge on any atom is 0.268 e. The minimum Gasteiger partial charge on any atom is -0.324 e. The van der Waals surface area contributed by atoms with E-state index in [4.69, 9.17) is 0 Å². The van der Waals surface area contributed by atoms with E-state index in [-0.39, 0.29) is 18.1 Å². The molecular formula is C22H16N4O2S. The maximum absolute atomic E-state index is 12.7. The Morgan fingerprint density at radius 1 is 1.14 bits per heavy atom. The number of rotatable bonds is 5. The molecule has 29 heavy (non-hydrogen) atoms. The number of ketones is 1. The zero-order valence-electron chi connectivity index (χ0n) is 15.3. The number of nitrogens with one attached hydrogen (secondary N) is 2. The third-order valence-electron chi connectivity index (χ3n) is 4.77. The van der Waals surface area contributed by atoms with Crippen LogP contribution in [0.3, 0.4) is 0 Å². The Morgan fingerprint density at radius 2 is 2.03 bits per heavy atom. The summed E-state index contributed by atoms with van der Waals surface area (Å²) >= 11 is 1.43. The van der Waals surface area contributed by atoms with Gasteiger partial charge in [-0.05, 0) is 29.7 Å². The van der Waals surface area contributed by atoms with Crippen molar-refractivity contribution in [1.82, 2.24) is 9.97 Å². The van der Waals surface area contributed by atoms with Gasteiger partial charge in [0, 0.05) is 35.0 Å². The molecule has 0 radical (unpaired) electrons. The van der Waals surface area contributed by atoms with E-state index in [0.717, 1.165) is 15.8 Å². The lowest BCUT2D eigenvalue weighted by Gasteiger charge is -2.01. The number of Topliss-reactive ketones (excluding diaryl/α,β-unsaturated/α-hetero) is 1. The number of carbonyl (C=O) groups is 2. The minimum atomic E-state index is -0.232. The Hall–Kier alpha value is -3.58. The second-order valence-corrected chi connectivity index (χ2v) is 7.86. The van der Waals surface area contributed by atoms with Crippen LogP contribution in [-0.2, 0) is 0 Å². The fraction of sp³-hybridized carbons (Fsp3) is 0.0909. The first kappa shape index (κ1) is 17.5. The number of benzene rings is 2. The number of thiophene rings is 1. The van der Waals surface area contributed by atoms with Gasteiger partial charge in [-0.2, -0.15) is 0 Å². The summed E-state index contributed by atoms with van der Waals surface area (Å²) in [5.74, 6) is 0.0547. The van der Waals surface area contributed by atoms with Crippen molar-refractivity contribution in [1.29, 1.82) is 0 Å². The predicted octanol–water partition coefficient (Wildman–Crippen LogP) is 4.96. The Balaban J connectivity index is 1.41. The fourth-order valence-corrected chi connectivity index (χ4v) is 4.34. The Kier molecular flexibility index (Phi) is 4.29. The summed E-state index contributed by atoms with van der Waals surface area (Å²) in [6.07, 6.45) is 4.62. The van der Waals surface area contributed by atoms with E-state index in [0.29, 0.717) is 33.8 Å². The molecule has 3 heterocycles. The van der Waals surface area contributed by atoms with Gasteiger partial charge in [-0.15, -0.1) is 11.3 Å². The number of allylic oxidation sites excluding steroid dienone is 1. The number of H-pyrrole nitrogens is 1. The molecule has 0 unspecified atom stereocenters. The number of hydrogen-bond donors (Lipinski definition) is 2. The molecular weight excluding hydrogens is 384 g/mol. The summed E-state index contributed by atoms with van der Waals surface area (Å²) in [6.45, 7) is 0. The Labute approximate surface area is 170 Å². The summed E-state index contributed by atoms with van der Waals surface area (Å²) in [5, 5.41) is 3.84. The van der Waals surface area contributed by atoms with E-state index >= 15 is 0 Å².